The molecule has 0 radical (unpaired) electrons. The summed E-state index contributed by atoms with van der Waals surface area (Å²) in [5.41, 5.74) is 1.25. The van der Waals surface area contributed by atoms with E-state index in [4.69, 9.17) is 0 Å². The Morgan fingerprint density at radius 2 is 2.47 bits per heavy atom. The van der Waals surface area contributed by atoms with Gasteiger partial charge in [0.15, 0.2) is 0 Å². The van der Waals surface area contributed by atoms with Gasteiger partial charge in [-0.05, 0) is 13.5 Å². The van der Waals surface area contributed by atoms with Crippen molar-refractivity contribution in [3.05, 3.63) is 17.7 Å². The van der Waals surface area contributed by atoms with Crippen LogP contribution in [0.2, 0.25) is 0 Å². The number of aromatic nitrogens is 2. The summed E-state index contributed by atoms with van der Waals surface area (Å²) in [6.45, 7) is 5.40. The number of aromatic amines is 1. The summed E-state index contributed by atoms with van der Waals surface area (Å²) >= 11 is 0. The first kappa shape index (κ1) is 10.6. The second-order valence-corrected chi connectivity index (χ2v) is 4.31. The first-order chi connectivity index (χ1) is 7.29. The maximum absolute atomic E-state index is 4.45. The number of rotatable bonds is 3. The van der Waals surface area contributed by atoms with Gasteiger partial charge in [0, 0.05) is 31.5 Å². The topological polar surface area (TPSA) is 44.0 Å². The highest BCUT2D eigenvalue weighted by molar-refractivity contribution is 5.06. The Labute approximate surface area is 91.1 Å². The lowest BCUT2D eigenvalue weighted by atomic mass is 10.2. The molecule has 1 atom stereocenters. The molecule has 1 saturated heterocycles. The van der Waals surface area contributed by atoms with Gasteiger partial charge in [0.1, 0.15) is 5.82 Å². The van der Waals surface area contributed by atoms with Crippen molar-refractivity contribution in [2.24, 2.45) is 0 Å². The summed E-state index contributed by atoms with van der Waals surface area (Å²) in [6.07, 6.45) is 4.23. The lowest BCUT2D eigenvalue weighted by Gasteiger charge is -2.29. The largest absolute Gasteiger partial charge is 0.345 e. The normalized spacial score (nSPS) is 23.2. The minimum absolute atomic E-state index is 0.370. The molecule has 0 bridgehead atoms. The van der Waals surface area contributed by atoms with E-state index in [-0.39, 0.29) is 0 Å². The third kappa shape index (κ3) is 2.58. The van der Waals surface area contributed by atoms with Crippen molar-refractivity contribution in [1.29, 1.82) is 0 Å². The van der Waals surface area contributed by atoms with Crippen molar-refractivity contribution >= 4 is 0 Å². The monoisotopic (exact) mass is 208 g/mol. The number of H-pyrrole nitrogens is 1. The molecular weight excluding hydrogens is 188 g/mol. The molecule has 0 amide bonds. The summed E-state index contributed by atoms with van der Waals surface area (Å²) in [6, 6.07) is 0.370. The second kappa shape index (κ2) is 4.77. The zero-order valence-electron chi connectivity index (χ0n) is 9.58. The molecule has 1 aliphatic rings. The van der Waals surface area contributed by atoms with E-state index in [1.165, 1.54) is 12.1 Å². The zero-order valence-corrected chi connectivity index (χ0v) is 9.58. The van der Waals surface area contributed by atoms with Crippen LogP contribution in [0.3, 0.4) is 0 Å². The number of aryl methyl sites for hydroxylation is 1. The van der Waals surface area contributed by atoms with E-state index in [0.717, 1.165) is 31.9 Å². The van der Waals surface area contributed by atoms with Crippen LogP contribution in [0.1, 0.15) is 30.9 Å². The van der Waals surface area contributed by atoms with Crippen molar-refractivity contribution in [1.82, 2.24) is 20.2 Å². The van der Waals surface area contributed by atoms with Crippen molar-refractivity contribution in [3.8, 4) is 0 Å². The average Bonchev–Trinajstić information content (AvgIpc) is 2.67. The van der Waals surface area contributed by atoms with Gasteiger partial charge in [-0.3, -0.25) is 0 Å². The van der Waals surface area contributed by atoms with Crippen molar-refractivity contribution in [2.75, 3.05) is 26.7 Å². The molecule has 2 N–H and O–H groups in total. The Kier molecular flexibility index (Phi) is 3.38. The van der Waals surface area contributed by atoms with Crippen LogP contribution in [-0.2, 0) is 6.42 Å². The van der Waals surface area contributed by atoms with E-state index < -0.39 is 0 Å². The molecule has 0 aromatic carbocycles. The molecule has 2 heterocycles. The fraction of sp³-hybridized carbons (Fsp3) is 0.727. The van der Waals surface area contributed by atoms with Gasteiger partial charge in [0.05, 0.1) is 6.04 Å². The van der Waals surface area contributed by atoms with E-state index in [1.807, 2.05) is 6.20 Å². The van der Waals surface area contributed by atoms with Crippen LogP contribution in [-0.4, -0.2) is 41.5 Å². The SMILES string of the molecule is CCCc1cnc(C2CN(C)CCN2)[nH]1. The number of nitrogens with one attached hydrogen (secondary N) is 2. The first-order valence-electron chi connectivity index (χ1n) is 5.75. The van der Waals surface area contributed by atoms with Crippen molar-refractivity contribution < 1.29 is 0 Å². The van der Waals surface area contributed by atoms with E-state index in [2.05, 4.69) is 34.2 Å². The molecule has 0 spiro atoms. The summed E-state index contributed by atoms with van der Waals surface area (Å²) < 4.78 is 0. The molecule has 84 valence electrons. The number of imidazole rings is 1. The Bertz CT molecular complexity index is 307. The van der Waals surface area contributed by atoms with Crippen molar-refractivity contribution in [2.45, 2.75) is 25.8 Å². The van der Waals surface area contributed by atoms with E-state index >= 15 is 0 Å². The summed E-state index contributed by atoms with van der Waals surface area (Å²) in [5.74, 6) is 1.09. The Hall–Kier alpha value is -0.870. The van der Waals surface area contributed by atoms with Crippen LogP contribution >= 0.6 is 0 Å². The Morgan fingerprint density at radius 3 is 3.20 bits per heavy atom. The van der Waals surface area contributed by atoms with Crippen LogP contribution in [0.15, 0.2) is 6.20 Å². The zero-order chi connectivity index (χ0) is 10.7. The summed E-state index contributed by atoms with van der Waals surface area (Å²) in [4.78, 5) is 10.2. The van der Waals surface area contributed by atoms with Gasteiger partial charge < -0.3 is 15.2 Å². The first-order valence-corrected chi connectivity index (χ1v) is 5.75. The predicted molar refractivity (Wildman–Crippen MR) is 60.8 cm³/mol. The molecule has 1 aromatic heterocycles. The fourth-order valence-electron chi connectivity index (χ4n) is 2.03. The van der Waals surface area contributed by atoms with E-state index in [1.54, 1.807) is 0 Å². The summed E-state index contributed by atoms with van der Waals surface area (Å²) in [7, 11) is 2.16. The minimum atomic E-state index is 0.370. The smallest absolute Gasteiger partial charge is 0.124 e. The van der Waals surface area contributed by atoms with Crippen LogP contribution in [0, 0.1) is 0 Å². The summed E-state index contributed by atoms with van der Waals surface area (Å²) in [5, 5.41) is 3.49. The van der Waals surface area contributed by atoms with Gasteiger partial charge in [-0.2, -0.15) is 0 Å². The second-order valence-electron chi connectivity index (χ2n) is 4.31. The number of likely N-dealkylation sites (N-methyl/N-ethyl adjacent to an activating group) is 1. The third-order valence-electron chi connectivity index (χ3n) is 2.88. The van der Waals surface area contributed by atoms with Crippen LogP contribution in [0.25, 0.3) is 0 Å². The van der Waals surface area contributed by atoms with Crippen LogP contribution in [0.5, 0.6) is 0 Å². The Morgan fingerprint density at radius 1 is 1.60 bits per heavy atom. The molecule has 0 saturated carbocycles. The molecule has 0 aliphatic carbocycles. The third-order valence-corrected chi connectivity index (χ3v) is 2.88. The number of nitrogens with zero attached hydrogens (tertiary/aromatic N) is 2. The van der Waals surface area contributed by atoms with Crippen molar-refractivity contribution in [3.63, 3.8) is 0 Å². The van der Waals surface area contributed by atoms with Gasteiger partial charge in [-0.25, -0.2) is 4.98 Å². The molecule has 15 heavy (non-hydrogen) atoms. The molecular formula is C11H20N4. The quantitative estimate of drug-likeness (QED) is 0.777. The van der Waals surface area contributed by atoms with Crippen LogP contribution in [0.4, 0.5) is 0 Å². The molecule has 1 aromatic rings. The predicted octanol–water partition coefficient (Wildman–Crippen LogP) is 0.938. The molecule has 1 unspecified atom stereocenters. The van der Waals surface area contributed by atoms with Gasteiger partial charge in [0.2, 0.25) is 0 Å². The maximum atomic E-state index is 4.45. The highest BCUT2D eigenvalue weighted by Crippen LogP contribution is 2.13. The van der Waals surface area contributed by atoms with Crippen LogP contribution < -0.4 is 5.32 Å². The van der Waals surface area contributed by atoms with Gasteiger partial charge >= 0.3 is 0 Å². The average molecular weight is 208 g/mol. The molecule has 1 fully saturated rings. The number of hydrogen-bond acceptors (Lipinski definition) is 3. The highest BCUT2D eigenvalue weighted by atomic mass is 15.2. The molecule has 4 heteroatoms. The van der Waals surface area contributed by atoms with Gasteiger partial charge in [0.25, 0.3) is 0 Å². The van der Waals surface area contributed by atoms with Gasteiger partial charge in [-0.15, -0.1) is 0 Å². The standard InChI is InChI=1S/C11H20N4/c1-3-4-9-7-13-11(14-9)10-8-15(2)6-5-12-10/h7,10,12H,3-6,8H2,1-2H3,(H,13,14). The van der Waals surface area contributed by atoms with E-state index in [0.29, 0.717) is 6.04 Å². The van der Waals surface area contributed by atoms with E-state index in [9.17, 15) is 0 Å². The number of piperazine rings is 1. The van der Waals surface area contributed by atoms with Gasteiger partial charge in [-0.1, -0.05) is 13.3 Å². The fourth-order valence-corrected chi connectivity index (χ4v) is 2.03. The maximum Gasteiger partial charge on any atom is 0.124 e. The number of hydrogen-bond donors (Lipinski definition) is 2. The lowest BCUT2D eigenvalue weighted by Crippen LogP contribution is -2.44. The molecule has 4 nitrogen and oxygen atoms in total. The Balaban J connectivity index is 2.01. The molecule has 1 aliphatic heterocycles. The molecule has 2 rings (SSSR count). The lowest BCUT2D eigenvalue weighted by molar-refractivity contribution is 0.236. The minimum Gasteiger partial charge on any atom is -0.345 e. The highest BCUT2D eigenvalue weighted by Gasteiger charge is 2.20.